The number of hydrogen-bond donors (Lipinski definition) is 1. The van der Waals surface area contributed by atoms with Gasteiger partial charge in [-0.1, -0.05) is 12.1 Å². The number of nitrogens with zero attached hydrogens (tertiary/aromatic N) is 2. The van der Waals surface area contributed by atoms with E-state index in [0.717, 1.165) is 6.07 Å². The van der Waals surface area contributed by atoms with Crippen LogP contribution in [0.2, 0.25) is 0 Å². The number of hydrogen-bond acceptors (Lipinski definition) is 6. The highest BCUT2D eigenvalue weighted by atomic mass is 32.2. The molecule has 0 atom stereocenters. The third-order valence-electron chi connectivity index (χ3n) is 5.29. The summed E-state index contributed by atoms with van der Waals surface area (Å²) in [5.41, 5.74) is 0.137. The molecule has 9 nitrogen and oxygen atoms in total. The maximum Gasteiger partial charge on any atom is 0.270 e. The molecule has 0 aromatic heterocycles. The van der Waals surface area contributed by atoms with Crippen molar-refractivity contribution in [3.05, 3.63) is 64.0 Å². The Hall–Kier alpha value is -3.05. The second kappa shape index (κ2) is 10.0. The third kappa shape index (κ3) is 5.60. The predicted octanol–water partition coefficient (Wildman–Crippen LogP) is 2.64. The van der Waals surface area contributed by atoms with Crippen molar-refractivity contribution in [3.8, 4) is 5.75 Å². The SMILES string of the molecule is Cc1ccc([N+](=O)[O-])cc1S(=O)(=O)N1CCC(C(=O)NCCOc2cccc(F)c2)CC1. The maximum atomic E-state index is 13.1. The summed E-state index contributed by atoms with van der Waals surface area (Å²) < 4.78 is 45.7. The first kappa shape index (κ1) is 23.6. The summed E-state index contributed by atoms with van der Waals surface area (Å²) in [4.78, 5) is 22.7. The highest BCUT2D eigenvalue weighted by Gasteiger charge is 2.33. The molecule has 1 aliphatic rings. The number of nitro benzene ring substituents is 1. The molecule has 3 rings (SSSR count). The summed E-state index contributed by atoms with van der Waals surface area (Å²) in [5.74, 6) is -0.582. The summed E-state index contributed by atoms with van der Waals surface area (Å²) in [6.45, 7) is 2.28. The van der Waals surface area contributed by atoms with Crippen molar-refractivity contribution < 1.29 is 27.3 Å². The lowest BCUT2D eigenvalue weighted by Crippen LogP contribution is -2.43. The van der Waals surface area contributed by atoms with Gasteiger partial charge in [0.05, 0.1) is 16.4 Å². The Morgan fingerprint density at radius 3 is 2.62 bits per heavy atom. The number of nitrogens with one attached hydrogen (secondary N) is 1. The minimum atomic E-state index is -3.91. The van der Waals surface area contributed by atoms with Gasteiger partial charge in [-0.2, -0.15) is 4.31 Å². The number of non-ortho nitro benzene ring substituents is 1. The molecular weight excluding hydrogens is 441 g/mol. The number of piperidine rings is 1. The normalized spacial score (nSPS) is 15.3. The molecule has 2 aromatic carbocycles. The predicted molar refractivity (Wildman–Crippen MR) is 114 cm³/mol. The first-order valence-corrected chi connectivity index (χ1v) is 11.5. The van der Waals surface area contributed by atoms with E-state index in [1.54, 1.807) is 13.0 Å². The van der Waals surface area contributed by atoms with Gasteiger partial charge in [0.2, 0.25) is 15.9 Å². The fourth-order valence-electron chi connectivity index (χ4n) is 3.52. The molecule has 0 aliphatic carbocycles. The van der Waals surface area contributed by atoms with Gasteiger partial charge in [-0.15, -0.1) is 0 Å². The molecule has 1 heterocycles. The molecule has 11 heteroatoms. The number of nitro groups is 1. The van der Waals surface area contributed by atoms with E-state index in [9.17, 15) is 27.7 Å². The first-order chi connectivity index (χ1) is 15.2. The zero-order valence-electron chi connectivity index (χ0n) is 17.5. The quantitative estimate of drug-likeness (QED) is 0.364. The van der Waals surface area contributed by atoms with Gasteiger partial charge in [-0.25, -0.2) is 12.8 Å². The Morgan fingerprint density at radius 2 is 1.97 bits per heavy atom. The molecule has 1 fully saturated rings. The van der Waals surface area contributed by atoms with Gasteiger partial charge in [-0.3, -0.25) is 14.9 Å². The van der Waals surface area contributed by atoms with Gasteiger partial charge in [0.1, 0.15) is 18.2 Å². The minimum absolute atomic E-state index is 0.0934. The number of ether oxygens (including phenoxy) is 1. The van der Waals surface area contributed by atoms with Gasteiger partial charge in [0, 0.05) is 37.2 Å². The van der Waals surface area contributed by atoms with Gasteiger partial charge in [-0.05, 0) is 37.5 Å². The van der Waals surface area contributed by atoms with E-state index < -0.39 is 20.8 Å². The smallest absolute Gasteiger partial charge is 0.270 e. The lowest BCUT2D eigenvalue weighted by Gasteiger charge is -2.30. The summed E-state index contributed by atoms with van der Waals surface area (Å²) in [5, 5.41) is 13.8. The second-order valence-corrected chi connectivity index (χ2v) is 9.39. The molecule has 2 aromatic rings. The minimum Gasteiger partial charge on any atom is -0.492 e. The Kier molecular flexibility index (Phi) is 7.41. The third-order valence-corrected chi connectivity index (χ3v) is 7.33. The molecule has 0 unspecified atom stereocenters. The zero-order valence-corrected chi connectivity index (χ0v) is 18.3. The lowest BCUT2D eigenvalue weighted by molar-refractivity contribution is -0.385. The zero-order chi connectivity index (χ0) is 23.3. The van der Waals surface area contributed by atoms with Gasteiger partial charge in [0.25, 0.3) is 5.69 Å². The maximum absolute atomic E-state index is 13.1. The fourth-order valence-corrected chi connectivity index (χ4v) is 5.24. The van der Waals surface area contributed by atoms with Crippen molar-refractivity contribution in [3.63, 3.8) is 0 Å². The lowest BCUT2D eigenvalue weighted by atomic mass is 9.97. The molecular formula is C21H24FN3O6S. The molecule has 1 aliphatic heterocycles. The van der Waals surface area contributed by atoms with Gasteiger partial charge < -0.3 is 10.1 Å². The second-order valence-electron chi connectivity index (χ2n) is 7.48. The van der Waals surface area contributed by atoms with Crippen molar-refractivity contribution in [2.75, 3.05) is 26.2 Å². The van der Waals surface area contributed by atoms with Crippen LogP contribution in [0.5, 0.6) is 5.75 Å². The van der Waals surface area contributed by atoms with Crippen LogP contribution in [-0.4, -0.2) is 49.8 Å². The standard InChI is InChI=1S/C21H24FN3O6S/c1-15-5-6-18(25(27)28)14-20(15)32(29,30)24-10-7-16(8-11-24)21(26)23-9-12-31-19-4-2-3-17(22)13-19/h2-6,13-14,16H,7-12H2,1H3,(H,23,26). The van der Waals surface area contributed by atoms with Gasteiger partial charge >= 0.3 is 0 Å². The Labute approximate surface area is 185 Å². The number of halogens is 1. The van der Waals surface area contributed by atoms with Crippen LogP contribution in [0, 0.1) is 28.8 Å². The van der Waals surface area contributed by atoms with Crippen LogP contribution in [0.1, 0.15) is 18.4 Å². The van der Waals surface area contributed by atoms with Crippen LogP contribution < -0.4 is 10.1 Å². The number of carbonyl (C=O) groups is 1. The molecule has 1 saturated heterocycles. The molecule has 0 radical (unpaired) electrons. The van der Waals surface area contributed by atoms with E-state index in [1.165, 1.54) is 34.6 Å². The van der Waals surface area contributed by atoms with Crippen molar-refractivity contribution in [2.45, 2.75) is 24.7 Å². The van der Waals surface area contributed by atoms with Crippen LogP contribution in [0.4, 0.5) is 10.1 Å². The van der Waals surface area contributed by atoms with Crippen LogP contribution in [-0.2, 0) is 14.8 Å². The number of carbonyl (C=O) groups excluding carboxylic acids is 1. The van der Waals surface area contributed by atoms with Crippen LogP contribution in [0.3, 0.4) is 0 Å². The van der Waals surface area contributed by atoms with E-state index in [1.807, 2.05) is 0 Å². The average Bonchev–Trinajstić information content (AvgIpc) is 2.76. The van der Waals surface area contributed by atoms with Crippen LogP contribution in [0.25, 0.3) is 0 Å². The summed E-state index contributed by atoms with van der Waals surface area (Å²) >= 11 is 0. The largest absolute Gasteiger partial charge is 0.492 e. The number of rotatable bonds is 8. The summed E-state index contributed by atoms with van der Waals surface area (Å²) in [6.07, 6.45) is 0.674. The van der Waals surface area contributed by atoms with E-state index in [4.69, 9.17) is 4.74 Å². The summed E-state index contributed by atoms with van der Waals surface area (Å²) in [7, 11) is -3.91. The molecule has 1 N–H and O–H groups in total. The van der Waals surface area contributed by atoms with Gasteiger partial charge in [0.15, 0.2) is 0 Å². The van der Waals surface area contributed by atoms with Crippen molar-refractivity contribution in [1.82, 2.24) is 9.62 Å². The van der Waals surface area contributed by atoms with E-state index in [0.29, 0.717) is 24.2 Å². The van der Waals surface area contributed by atoms with Crippen LogP contribution >= 0.6 is 0 Å². The number of sulfonamides is 1. The topological polar surface area (TPSA) is 119 Å². The monoisotopic (exact) mass is 465 g/mol. The number of amides is 1. The molecule has 1 amide bonds. The highest BCUT2D eigenvalue weighted by molar-refractivity contribution is 7.89. The molecule has 0 saturated carbocycles. The van der Waals surface area contributed by atoms with E-state index >= 15 is 0 Å². The molecule has 0 spiro atoms. The van der Waals surface area contributed by atoms with Crippen molar-refractivity contribution >= 4 is 21.6 Å². The molecule has 32 heavy (non-hydrogen) atoms. The first-order valence-electron chi connectivity index (χ1n) is 10.1. The fraction of sp³-hybridized carbons (Fsp3) is 0.381. The van der Waals surface area contributed by atoms with Crippen molar-refractivity contribution in [1.29, 1.82) is 0 Å². The highest BCUT2D eigenvalue weighted by Crippen LogP contribution is 2.28. The van der Waals surface area contributed by atoms with Crippen LogP contribution in [0.15, 0.2) is 47.4 Å². The average molecular weight is 466 g/mol. The van der Waals surface area contributed by atoms with E-state index in [-0.39, 0.29) is 48.6 Å². The molecule has 172 valence electrons. The number of benzene rings is 2. The Bertz CT molecular complexity index is 1100. The van der Waals surface area contributed by atoms with E-state index in [2.05, 4.69) is 5.32 Å². The Morgan fingerprint density at radius 1 is 1.25 bits per heavy atom. The van der Waals surface area contributed by atoms with Crippen molar-refractivity contribution in [2.24, 2.45) is 5.92 Å². The molecule has 0 bridgehead atoms. The Balaban J connectivity index is 1.51. The number of aryl methyl sites for hydroxylation is 1. The summed E-state index contributed by atoms with van der Waals surface area (Å²) in [6, 6.07) is 9.45.